The summed E-state index contributed by atoms with van der Waals surface area (Å²) in [6.45, 7) is 0. The Labute approximate surface area is 170 Å². The first-order chi connectivity index (χ1) is 13.0. The molecule has 2 aromatic carbocycles. The Bertz CT molecular complexity index is 978. The van der Waals surface area contributed by atoms with Gasteiger partial charge >= 0.3 is 0 Å². The lowest BCUT2D eigenvalue weighted by Gasteiger charge is -2.08. The molecule has 1 amide bonds. The smallest absolute Gasteiger partial charge is 0.234 e. The maximum atomic E-state index is 12.2. The molecule has 1 N–H and O–H groups in total. The largest absolute Gasteiger partial charge is 0.497 e. The summed E-state index contributed by atoms with van der Waals surface area (Å²) in [6, 6.07) is 12.5. The van der Waals surface area contributed by atoms with Crippen LogP contribution in [0.5, 0.6) is 5.75 Å². The normalized spacial score (nSPS) is 10.7. The first-order valence-corrected chi connectivity index (χ1v) is 9.63. The highest BCUT2D eigenvalue weighted by atomic mass is 35.5. The molecule has 3 rings (SSSR count). The van der Waals surface area contributed by atoms with E-state index < -0.39 is 0 Å². The summed E-state index contributed by atoms with van der Waals surface area (Å²) >= 11 is 13.3. The van der Waals surface area contributed by atoms with E-state index in [2.05, 4.69) is 15.5 Å². The van der Waals surface area contributed by atoms with Crippen LogP contribution in [0.25, 0.3) is 11.4 Å². The van der Waals surface area contributed by atoms with Crippen LogP contribution >= 0.6 is 35.0 Å². The number of benzene rings is 2. The number of nitrogens with zero attached hydrogens (tertiary/aromatic N) is 3. The van der Waals surface area contributed by atoms with Crippen LogP contribution in [0.15, 0.2) is 47.6 Å². The average Bonchev–Trinajstić information content (AvgIpc) is 3.03. The summed E-state index contributed by atoms with van der Waals surface area (Å²) in [5.41, 5.74) is 1.36. The van der Waals surface area contributed by atoms with Crippen LogP contribution in [0, 0.1) is 0 Å². The van der Waals surface area contributed by atoms with Crippen molar-refractivity contribution >= 4 is 46.6 Å². The van der Waals surface area contributed by atoms with E-state index >= 15 is 0 Å². The second kappa shape index (κ2) is 8.65. The third kappa shape index (κ3) is 4.74. The van der Waals surface area contributed by atoms with Crippen LogP contribution in [-0.4, -0.2) is 33.5 Å². The van der Waals surface area contributed by atoms with Crippen molar-refractivity contribution in [3.8, 4) is 17.1 Å². The first-order valence-electron chi connectivity index (χ1n) is 7.89. The molecule has 0 radical (unpaired) electrons. The van der Waals surface area contributed by atoms with Gasteiger partial charge in [-0.25, -0.2) is 0 Å². The van der Waals surface area contributed by atoms with E-state index in [0.717, 1.165) is 11.3 Å². The van der Waals surface area contributed by atoms with Crippen molar-refractivity contribution in [2.24, 2.45) is 7.05 Å². The Morgan fingerprint density at radius 1 is 1.22 bits per heavy atom. The lowest BCUT2D eigenvalue weighted by Crippen LogP contribution is -2.14. The molecular weight excluding hydrogens is 407 g/mol. The lowest BCUT2D eigenvalue weighted by atomic mass is 10.2. The number of anilines is 1. The molecule has 0 aliphatic carbocycles. The molecule has 0 spiro atoms. The molecule has 1 heterocycles. The van der Waals surface area contributed by atoms with Crippen LogP contribution in [-0.2, 0) is 11.8 Å². The van der Waals surface area contributed by atoms with Crippen LogP contribution in [0.1, 0.15) is 0 Å². The molecule has 140 valence electrons. The SMILES string of the molecule is COc1cccc(-c2nnc(SCC(=O)Nc3cc(Cl)ccc3Cl)n2C)c1. The summed E-state index contributed by atoms with van der Waals surface area (Å²) in [4.78, 5) is 12.2. The number of hydrogen-bond acceptors (Lipinski definition) is 5. The topological polar surface area (TPSA) is 69.0 Å². The Morgan fingerprint density at radius 3 is 2.81 bits per heavy atom. The third-order valence-electron chi connectivity index (χ3n) is 3.70. The molecule has 1 aromatic heterocycles. The van der Waals surface area contributed by atoms with Crippen molar-refractivity contribution in [3.05, 3.63) is 52.5 Å². The number of hydrogen-bond donors (Lipinski definition) is 1. The van der Waals surface area contributed by atoms with Crippen LogP contribution < -0.4 is 10.1 Å². The molecule has 6 nitrogen and oxygen atoms in total. The van der Waals surface area contributed by atoms with Crippen molar-refractivity contribution < 1.29 is 9.53 Å². The van der Waals surface area contributed by atoms with Gasteiger partial charge in [0.15, 0.2) is 11.0 Å². The molecule has 0 bridgehead atoms. The van der Waals surface area contributed by atoms with Crippen molar-refractivity contribution in [2.45, 2.75) is 5.16 Å². The average molecular weight is 423 g/mol. The molecule has 0 fully saturated rings. The molecule has 27 heavy (non-hydrogen) atoms. The number of nitrogens with one attached hydrogen (secondary N) is 1. The van der Waals surface area contributed by atoms with Crippen LogP contribution in [0.3, 0.4) is 0 Å². The number of amides is 1. The van der Waals surface area contributed by atoms with Gasteiger partial charge in [0.1, 0.15) is 5.75 Å². The van der Waals surface area contributed by atoms with Crippen molar-refractivity contribution in [1.29, 1.82) is 0 Å². The van der Waals surface area contributed by atoms with Gasteiger partial charge in [-0.05, 0) is 30.3 Å². The minimum atomic E-state index is -0.213. The van der Waals surface area contributed by atoms with E-state index in [1.54, 1.807) is 25.3 Å². The van der Waals surface area contributed by atoms with Gasteiger partial charge in [-0.1, -0.05) is 47.1 Å². The van der Waals surface area contributed by atoms with Gasteiger partial charge in [0, 0.05) is 17.6 Å². The van der Waals surface area contributed by atoms with E-state index in [4.69, 9.17) is 27.9 Å². The molecule has 9 heteroatoms. The standard InChI is InChI=1S/C18H16Cl2N4O2S/c1-24-17(11-4-3-5-13(8-11)26-2)22-23-18(24)27-10-16(25)21-15-9-12(19)6-7-14(15)20/h3-9H,10H2,1-2H3,(H,21,25). The molecule has 0 saturated heterocycles. The number of carbonyl (C=O) groups excluding carboxylic acids is 1. The van der Waals surface area contributed by atoms with Gasteiger partial charge < -0.3 is 14.6 Å². The van der Waals surface area contributed by atoms with Gasteiger partial charge in [0.2, 0.25) is 5.91 Å². The Kier molecular flexibility index (Phi) is 6.26. The first kappa shape index (κ1) is 19.5. The number of thioether (sulfide) groups is 1. The van der Waals surface area contributed by atoms with E-state index in [0.29, 0.717) is 26.7 Å². The number of rotatable bonds is 6. The predicted molar refractivity (Wildman–Crippen MR) is 109 cm³/mol. The molecule has 0 atom stereocenters. The minimum Gasteiger partial charge on any atom is -0.497 e. The van der Waals surface area contributed by atoms with E-state index in [9.17, 15) is 4.79 Å². The summed E-state index contributed by atoms with van der Waals surface area (Å²) in [5.74, 6) is 1.37. The van der Waals surface area contributed by atoms with Crippen molar-refractivity contribution in [3.63, 3.8) is 0 Å². The minimum absolute atomic E-state index is 0.160. The van der Waals surface area contributed by atoms with Gasteiger partial charge in [-0.2, -0.15) is 0 Å². The summed E-state index contributed by atoms with van der Waals surface area (Å²) in [6.07, 6.45) is 0. The lowest BCUT2D eigenvalue weighted by molar-refractivity contribution is -0.113. The number of aromatic nitrogens is 3. The van der Waals surface area contributed by atoms with Gasteiger partial charge in [0.25, 0.3) is 0 Å². The van der Waals surface area contributed by atoms with E-state index in [-0.39, 0.29) is 11.7 Å². The van der Waals surface area contributed by atoms with E-state index in [1.807, 2.05) is 35.9 Å². The Balaban J connectivity index is 1.67. The molecule has 0 saturated carbocycles. The fourth-order valence-electron chi connectivity index (χ4n) is 2.36. The number of methoxy groups -OCH3 is 1. The monoisotopic (exact) mass is 422 g/mol. The highest BCUT2D eigenvalue weighted by molar-refractivity contribution is 7.99. The molecular formula is C18H16Cl2N4O2S. The zero-order valence-electron chi connectivity index (χ0n) is 14.6. The van der Waals surface area contributed by atoms with Crippen LogP contribution in [0.2, 0.25) is 10.0 Å². The van der Waals surface area contributed by atoms with Gasteiger partial charge in [-0.3, -0.25) is 4.79 Å². The summed E-state index contributed by atoms with van der Waals surface area (Å²) in [7, 11) is 3.46. The molecule has 3 aromatic rings. The zero-order valence-corrected chi connectivity index (χ0v) is 16.9. The quantitative estimate of drug-likeness (QED) is 0.590. The third-order valence-corrected chi connectivity index (χ3v) is 5.28. The summed E-state index contributed by atoms with van der Waals surface area (Å²) < 4.78 is 7.07. The Morgan fingerprint density at radius 2 is 2.04 bits per heavy atom. The number of carbonyl (C=O) groups is 1. The molecule has 0 aliphatic heterocycles. The Hall–Kier alpha value is -2.22. The molecule has 0 unspecified atom stereocenters. The second-order valence-corrected chi connectivity index (χ2v) is 7.34. The summed E-state index contributed by atoms with van der Waals surface area (Å²) in [5, 5.41) is 12.7. The van der Waals surface area contributed by atoms with E-state index in [1.165, 1.54) is 11.8 Å². The number of halogens is 2. The molecule has 0 aliphatic rings. The highest BCUT2D eigenvalue weighted by Crippen LogP contribution is 2.27. The maximum absolute atomic E-state index is 12.2. The fraction of sp³-hybridized carbons (Fsp3) is 0.167. The van der Waals surface area contributed by atoms with Crippen LogP contribution in [0.4, 0.5) is 5.69 Å². The predicted octanol–water partition coefficient (Wildman–Crippen LogP) is 4.53. The highest BCUT2D eigenvalue weighted by Gasteiger charge is 2.14. The van der Waals surface area contributed by atoms with Crippen molar-refractivity contribution in [2.75, 3.05) is 18.2 Å². The van der Waals surface area contributed by atoms with Gasteiger partial charge in [-0.15, -0.1) is 10.2 Å². The zero-order chi connectivity index (χ0) is 19.4. The van der Waals surface area contributed by atoms with Gasteiger partial charge in [0.05, 0.1) is 23.6 Å². The number of ether oxygens (including phenoxy) is 1. The fourth-order valence-corrected chi connectivity index (χ4v) is 3.41. The maximum Gasteiger partial charge on any atom is 0.234 e. The second-order valence-electron chi connectivity index (χ2n) is 5.56. The van der Waals surface area contributed by atoms with Crippen molar-refractivity contribution in [1.82, 2.24) is 14.8 Å².